The van der Waals surface area contributed by atoms with Crippen molar-refractivity contribution in [2.75, 3.05) is 26.2 Å². The predicted octanol–water partition coefficient (Wildman–Crippen LogP) is 1.84. The van der Waals surface area contributed by atoms with Crippen LogP contribution < -0.4 is 10.6 Å². The number of benzene rings is 1. The van der Waals surface area contributed by atoms with Crippen molar-refractivity contribution in [3.63, 3.8) is 0 Å². The molecule has 10 nitrogen and oxygen atoms in total. The van der Waals surface area contributed by atoms with Crippen LogP contribution in [0.5, 0.6) is 0 Å². The van der Waals surface area contributed by atoms with Crippen molar-refractivity contribution < 1.29 is 24.0 Å². The van der Waals surface area contributed by atoms with E-state index in [2.05, 4.69) is 10.6 Å². The number of piperidine rings is 1. The van der Waals surface area contributed by atoms with E-state index in [1.807, 2.05) is 0 Å². The van der Waals surface area contributed by atoms with E-state index in [9.17, 15) is 24.5 Å². The zero-order valence-corrected chi connectivity index (χ0v) is 16.4. The van der Waals surface area contributed by atoms with Crippen molar-refractivity contribution in [1.82, 2.24) is 15.5 Å². The van der Waals surface area contributed by atoms with Crippen LogP contribution in [-0.2, 0) is 9.53 Å². The Morgan fingerprint density at radius 1 is 1.24 bits per heavy atom. The molecule has 10 heteroatoms. The second-order valence-corrected chi connectivity index (χ2v) is 6.66. The maximum atomic E-state index is 12.1. The summed E-state index contributed by atoms with van der Waals surface area (Å²) in [7, 11) is 0. The van der Waals surface area contributed by atoms with Gasteiger partial charge >= 0.3 is 6.09 Å². The number of para-hydroxylation sites is 1. The summed E-state index contributed by atoms with van der Waals surface area (Å²) in [4.78, 5) is 47.8. The minimum atomic E-state index is -0.602. The lowest BCUT2D eigenvalue weighted by molar-refractivity contribution is -0.385. The summed E-state index contributed by atoms with van der Waals surface area (Å²) in [5.41, 5.74) is -0.257. The van der Waals surface area contributed by atoms with Crippen molar-refractivity contribution >= 4 is 23.6 Å². The molecular formula is C19H26N4O6. The Morgan fingerprint density at radius 3 is 2.59 bits per heavy atom. The maximum Gasteiger partial charge on any atom is 0.409 e. The monoisotopic (exact) mass is 406 g/mol. The molecule has 0 atom stereocenters. The summed E-state index contributed by atoms with van der Waals surface area (Å²) in [5, 5.41) is 16.5. The number of hydrogen-bond acceptors (Lipinski definition) is 6. The van der Waals surface area contributed by atoms with Crippen molar-refractivity contribution in [3.05, 3.63) is 39.9 Å². The lowest BCUT2D eigenvalue weighted by Gasteiger charge is -2.31. The quantitative estimate of drug-likeness (QED) is 0.385. The van der Waals surface area contributed by atoms with E-state index in [4.69, 9.17) is 4.74 Å². The van der Waals surface area contributed by atoms with E-state index in [-0.39, 0.29) is 42.3 Å². The van der Waals surface area contributed by atoms with Crippen LogP contribution in [0.1, 0.15) is 43.0 Å². The molecule has 1 heterocycles. The van der Waals surface area contributed by atoms with Gasteiger partial charge in [-0.2, -0.15) is 0 Å². The molecule has 2 rings (SSSR count). The molecule has 1 fully saturated rings. The first-order valence-corrected chi connectivity index (χ1v) is 9.65. The molecule has 1 aliphatic rings. The number of amides is 3. The standard InChI is InChI=1S/C19H26N4O6/c1-2-29-19(26)22-12-9-14(10-13-22)21-17(24)8-5-11-20-18(25)15-6-3-4-7-16(15)23(27)28/h3-4,6-7,14H,2,5,8-13H2,1H3,(H,20,25)(H,21,24). The summed E-state index contributed by atoms with van der Waals surface area (Å²) in [6.07, 6.45) is 1.65. The predicted molar refractivity (Wildman–Crippen MR) is 104 cm³/mol. The molecule has 1 aliphatic heterocycles. The van der Waals surface area contributed by atoms with E-state index in [0.29, 0.717) is 39.0 Å². The van der Waals surface area contributed by atoms with Gasteiger partial charge in [-0.1, -0.05) is 12.1 Å². The average molecular weight is 406 g/mol. The van der Waals surface area contributed by atoms with Gasteiger partial charge in [0, 0.05) is 38.2 Å². The molecule has 0 aliphatic carbocycles. The van der Waals surface area contributed by atoms with Crippen LogP contribution in [0.3, 0.4) is 0 Å². The van der Waals surface area contributed by atoms with Crippen molar-refractivity contribution in [2.45, 2.75) is 38.6 Å². The van der Waals surface area contributed by atoms with Crippen LogP contribution in [0.15, 0.2) is 24.3 Å². The number of likely N-dealkylation sites (tertiary alicyclic amines) is 1. The number of carbonyl (C=O) groups is 3. The van der Waals surface area contributed by atoms with Crippen molar-refractivity contribution in [1.29, 1.82) is 0 Å². The first kappa shape index (κ1) is 22.1. The van der Waals surface area contributed by atoms with Crippen molar-refractivity contribution in [3.8, 4) is 0 Å². The highest BCUT2D eigenvalue weighted by Gasteiger charge is 2.24. The van der Waals surface area contributed by atoms with Gasteiger partial charge in [0.2, 0.25) is 5.91 Å². The fourth-order valence-electron chi connectivity index (χ4n) is 3.09. The first-order chi connectivity index (χ1) is 13.9. The van der Waals surface area contributed by atoms with Crippen LogP contribution in [0.25, 0.3) is 0 Å². The van der Waals surface area contributed by atoms with Crippen molar-refractivity contribution in [2.24, 2.45) is 0 Å². The third-order valence-electron chi connectivity index (χ3n) is 4.60. The summed E-state index contributed by atoms with van der Waals surface area (Å²) in [5.74, 6) is -0.663. The fourth-order valence-corrected chi connectivity index (χ4v) is 3.09. The topological polar surface area (TPSA) is 131 Å². The summed E-state index contributed by atoms with van der Waals surface area (Å²) >= 11 is 0. The Bertz CT molecular complexity index is 746. The number of hydrogen-bond donors (Lipinski definition) is 2. The summed E-state index contributed by atoms with van der Waals surface area (Å²) in [6.45, 7) is 3.41. The number of carbonyl (C=O) groups excluding carboxylic acids is 3. The third kappa shape index (κ3) is 6.74. The van der Waals surface area contributed by atoms with Crippen LogP contribution in [0.4, 0.5) is 10.5 Å². The van der Waals surface area contributed by atoms with Gasteiger partial charge in [0.15, 0.2) is 0 Å². The lowest BCUT2D eigenvalue weighted by Crippen LogP contribution is -2.46. The largest absolute Gasteiger partial charge is 0.450 e. The minimum Gasteiger partial charge on any atom is -0.450 e. The molecule has 0 saturated carbocycles. The SMILES string of the molecule is CCOC(=O)N1CCC(NC(=O)CCCNC(=O)c2ccccc2[N+](=O)[O-])CC1. The highest BCUT2D eigenvalue weighted by molar-refractivity contribution is 5.98. The van der Waals surface area contributed by atoms with Gasteiger partial charge < -0.3 is 20.3 Å². The minimum absolute atomic E-state index is 0.00434. The number of nitro benzene ring substituents is 1. The lowest BCUT2D eigenvalue weighted by atomic mass is 10.1. The van der Waals surface area contributed by atoms with E-state index >= 15 is 0 Å². The molecule has 2 N–H and O–H groups in total. The molecule has 0 spiro atoms. The summed E-state index contributed by atoms with van der Waals surface area (Å²) in [6, 6.07) is 5.73. The number of ether oxygens (including phenoxy) is 1. The van der Waals surface area contributed by atoms with Crippen LogP contribution in [-0.4, -0.2) is 60.0 Å². The first-order valence-electron chi connectivity index (χ1n) is 9.65. The number of nitro groups is 1. The van der Waals surface area contributed by atoms with E-state index in [1.165, 1.54) is 18.2 Å². The van der Waals surface area contributed by atoms with Gasteiger partial charge in [0.25, 0.3) is 11.6 Å². The molecule has 1 saturated heterocycles. The molecule has 0 radical (unpaired) electrons. The van der Waals surface area contributed by atoms with Crippen LogP contribution in [0, 0.1) is 10.1 Å². The molecule has 0 aromatic heterocycles. The van der Waals surface area contributed by atoms with Gasteiger partial charge in [0.1, 0.15) is 5.56 Å². The molecule has 29 heavy (non-hydrogen) atoms. The van der Waals surface area contributed by atoms with Crippen LogP contribution in [0.2, 0.25) is 0 Å². The molecule has 1 aromatic carbocycles. The van der Waals surface area contributed by atoms with Gasteiger partial charge in [-0.25, -0.2) is 4.79 Å². The Hall–Kier alpha value is -3.17. The molecule has 0 unspecified atom stereocenters. The molecule has 158 valence electrons. The molecule has 3 amide bonds. The maximum absolute atomic E-state index is 12.1. The smallest absolute Gasteiger partial charge is 0.409 e. The Morgan fingerprint density at radius 2 is 1.93 bits per heavy atom. The molecule has 0 bridgehead atoms. The third-order valence-corrected chi connectivity index (χ3v) is 4.60. The second-order valence-electron chi connectivity index (χ2n) is 6.66. The highest BCUT2D eigenvalue weighted by atomic mass is 16.6. The van der Waals surface area contributed by atoms with Gasteiger partial charge in [0.05, 0.1) is 11.5 Å². The van der Waals surface area contributed by atoms with Gasteiger partial charge in [-0.15, -0.1) is 0 Å². The van der Waals surface area contributed by atoms with Gasteiger partial charge in [-0.05, 0) is 32.3 Å². The summed E-state index contributed by atoms with van der Waals surface area (Å²) < 4.78 is 4.96. The normalized spacial score (nSPS) is 14.2. The highest BCUT2D eigenvalue weighted by Crippen LogP contribution is 2.17. The zero-order valence-electron chi connectivity index (χ0n) is 16.4. The molecule has 1 aromatic rings. The second kappa shape index (κ2) is 11.0. The van der Waals surface area contributed by atoms with E-state index in [0.717, 1.165) is 0 Å². The Kier molecular flexibility index (Phi) is 8.38. The van der Waals surface area contributed by atoms with Crippen LogP contribution >= 0.6 is 0 Å². The Labute approximate surface area is 168 Å². The Balaban J connectivity index is 1.66. The van der Waals surface area contributed by atoms with E-state index in [1.54, 1.807) is 17.9 Å². The number of nitrogens with zero attached hydrogens (tertiary/aromatic N) is 2. The number of rotatable bonds is 8. The number of nitrogens with one attached hydrogen (secondary N) is 2. The zero-order chi connectivity index (χ0) is 21.2. The van der Waals surface area contributed by atoms with Gasteiger partial charge in [-0.3, -0.25) is 19.7 Å². The molecular weight excluding hydrogens is 380 g/mol. The average Bonchev–Trinajstić information content (AvgIpc) is 2.71. The van der Waals surface area contributed by atoms with E-state index < -0.39 is 10.8 Å². The fraction of sp³-hybridized carbons (Fsp3) is 0.526.